The zero-order valence-electron chi connectivity index (χ0n) is 5.16. The van der Waals surface area contributed by atoms with Crippen LogP contribution in [0.15, 0.2) is 4.63 Å². The standard InChI is InChI=1S/C4H5N3O3/c1-2-3(5-4(8)9)7-10-6-2/h1H3,(H,5,7)(H,8,9). The summed E-state index contributed by atoms with van der Waals surface area (Å²) in [6.45, 7) is 1.59. The van der Waals surface area contributed by atoms with Crippen LogP contribution in [0, 0.1) is 6.92 Å². The molecule has 2 N–H and O–H groups in total. The fourth-order valence-electron chi connectivity index (χ4n) is 0.446. The van der Waals surface area contributed by atoms with Gasteiger partial charge in [-0.2, -0.15) is 0 Å². The highest BCUT2D eigenvalue weighted by Crippen LogP contribution is 2.05. The van der Waals surface area contributed by atoms with Gasteiger partial charge in [-0.3, -0.25) is 5.32 Å². The van der Waals surface area contributed by atoms with Crippen molar-refractivity contribution in [1.82, 2.24) is 10.3 Å². The molecule has 0 spiro atoms. The molecule has 0 aliphatic rings. The van der Waals surface area contributed by atoms with Gasteiger partial charge in [0, 0.05) is 0 Å². The zero-order valence-corrected chi connectivity index (χ0v) is 5.16. The fourth-order valence-corrected chi connectivity index (χ4v) is 0.446. The van der Waals surface area contributed by atoms with Gasteiger partial charge >= 0.3 is 6.09 Å². The molecule has 6 nitrogen and oxygen atoms in total. The largest absolute Gasteiger partial charge is 0.465 e. The maximum absolute atomic E-state index is 10.00. The van der Waals surface area contributed by atoms with E-state index >= 15 is 0 Å². The van der Waals surface area contributed by atoms with Crippen LogP contribution in [-0.4, -0.2) is 21.5 Å². The Morgan fingerprint density at radius 3 is 2.80 bits per heavy atom. The molecule has 0 aromatic carbocycles. The van der Waals surface area contributed by atoms with Crippen molar-refractivity contribution in [3.05, 3.63) is 5.69 Å². The number of carbonyl (C=O) groups is 1. The summed E-state index contributed by atoms with van der Waals surface area (Å²) in [5, 5.41) is 16.8. The average molecular weight is 143 g/mol. The first-order valence-corrected chi connectivity index (χ1v) is 2.49. The van der Waals surface area contributed by atoms with E-state index in [4.69, 9.17) is 5.11 Å². The molecule has 1 rings (SSSR count). The minimum absolute atomic E-state index is 0.132. The molecule has 0 aliphatic carbocycles. The third-order valence-electron chi connectivity index (χ3n) is 0.878. The molecular weight excluding hydrogens is 138 g/mol. The maximum Gasteiger partial charge on any atom is 0.410 e. The molecule has 1 amide bonds. The SMILES string of the molecule is Cc1nonc1NC(=O)O. The van der Waals surface area contributed by atoms with E-state index in [0.717, 1.165) is 0 Å². The highest BCUT2D eigenvalue weighted by Gasteiger charge is 2.06. The van der Waals surface area contributed by atoms with Gasteiger partial charge in [-0.05, 0) is 12.1 Å². The Kier molecular flexibility index (Phi) is 1.53. The molecule has 54 valence electrons. The monoisotopic (exact) mass is 143 g/mol. The summed E-state index contributed by atoms with van der Waals surface area (Å²) >= 11 is 0. The van der Waals surface area contributed by atoms with Crippen LogP contribution in [0.5, 0.6) is 0 Å². The normalized spacial score (nSPS) is 9.30. The fraction of sp³-hybridized carbons (Fsp3) is 0.250. The molecule has 0 unspecified atom stereocenters. The Morgan fingerprint density at radius 2 is 2.40 bits per heavy atom. The van der Waals surface area contributed by atoms with Gasteiger partial charge in [0.15, 0.2) is 0 Å². The van der Waals surface area contributed by atoms with Crippen molar-refractivity contribution in [2.24, 2.45) is 0 Å². The van der Waals surface area contributed by atoms with Gasteiger partial charge in [0.05, 0.1) is 0 Å². The predicted octanol–water partition coefficient (Wildman–Crippen LogP) is 0.468. The Labute approximate surface area is 55.8 Å². The molecule has 0 saturated heterocycles. The van der Waals surface area contributed by atoms with E-state index in [2.05, 4.69) is 14.9 Å². The second kappa shape index (κ2) is 2.34. The van der Waals surface area contributed by atoms with Crippen LogP contribution in [0.2, 0.25) is 0 Å². The molecular formula is C4H5N3O3. The average Bonchev–Trinajstić information content (AvgIpc) is 2.15. The van der Waals surface area contributed by atoms with Gasteiger partial charge in [0.2, 0.25) is 5.82 Å². The zero-order chi connectivity index (χ0) is 7.56. The van der Waals surface area contributed by atoms with E-state index in [-0.39, 0.29) is 5.82 Å². The highest BCUT2D eigenvalue weighted by atomic mass is 16.6. The third-order valence-corrected chi connectivity index (χ3v) is 0.878. The van der Waals surface area contributed by atoms with Crippen molar-refractivity contribution in [3.8, 4) is 0 Å². The predicted molar refractivity (Wildman–Crippen MR) is 30.7 cm³/mol. The summed E-state index contributed by atoms with van der Waals surface area (Å²) in [5.41, 5.74) is 0.419. The molecule has 1 heterocycles. The van der Waals surface area contributed by atoms with E-state index < -0.39 is 6.09 Å². The summed E-state index contributed by atoms with van der Waals surface area (Å²) in [6.07, 6.45) is -1.18. The molecule has 1 aromatic rings. The smallest absolute Gasteiger partial charge is 0.410 e. The Morgan fingerprint density at radius 1 is 1.70 bits per heavy atom. The van der Waals surface area contributed by atoms with Crippen LogP contribution in [0.25, 0.3) is 0 Å². The second-order valence-corrected chi connectivity index (χ2v) is 1.63. The third kappa shape index (κ3) is 1.22. The number of hydrogen-bond donors (Lipinski definition) is 2. The molecule has 6 heteroatoms. The summed E-state index contributed by atoms with van der Waals surface area (Å²) in [7, 11) is 0. The molecule has 0 bridgehead atoms. The quantitative estimate of drug-likeness (QED) is 0.596. The molecule has 0 atom stereocenters. The van der Waals surface area contributed by atoms with Crippen molar-refractivity contribution in [2.45, 2.75) is 6.92 Å². The lowest BCUT2D eigenvalue weighted by Crippen LogP contribution is -2.08. The van der Waals surface area contributed by atoms with Gasteiger partial charge < -0.3 is 5.11 Å². The first-order valence-electron chi connectivity index (χ1n) is 2.49. The second-order valence-electron chi connectivity index (χ2n) is 1.63. The molecule has 0 radical (unpaired) electrons. The Bertz CT molecular complexity index is 244. The number of nitrogens with zero attached hydrogens (tertiary/aromatic N) is 2. The van der Waals surface area contributed by atoms with Gasteiger partial charge in [-0.15, -0.1) is 0 Å². The number of nitrogens with one attached hydrogen (secondary N) is 1. The number of aryl methyl sites for hydroxylation is 1. The number of aromatic nitrogens is 2. The number of hydrogen-bond acceptors (Lipinski definition) is 4. The lowest BCUT2D eigenvalue weighted by atomic mass is 10.5. The Balaban J connectivity index is 2.74. The van der Waals surface area contributed by atoms with Crippen molar-refractivity contribution in [2.75, 3.05) is 5.32 Å². The number of carboxylic acid groups (broad SMARTS) is 1. The van der Waals surface area contributed by atoms with Gasteiger partial charge in [-0.1, -0.05) is 5.16 Å². The van der Waals surface area contributed by atoms with Crippen LogP contribution in [-0.2, 0) is 0 Å². The van der Waals surface area contributed by atoms with Gasteiger partial charge in [-0.25, -0.2) is 9.42 Å². The van der Waals surface area contributed by atoms with E-state index in [0.29, 0.717) is 5.69 Å². The van der Waals surface area contributed by atoms with E-state index in [9.17, 15) is 4.79 Å². The summed E-state index contributed by atoms with van der Waals surface area (Å²) in [4.78, 5) is 10.00. The van der Waals surface area contributed by atoms with E-state index in [1.165, 1.54) is 0 Å². The van der Waals surface area contributed by atoms with E-state index in [1.54, 1.807) is 6.92 Å². The summed E-state index contributed by atoms with van der Waals surface area (Å²) in [6, 6.07) is 0. The van der Waals surface area contributed by atoms with Crippen LogP contribution < -0.4 is 5.32 Å². The topological polar surface area (TPSA) is 88.3 Å². The van der Waals surface area contributed by atoms with Crippen molar-refractivity contribution >= 4 is 11.9 Å². The van der Waals surface area contributed by atoms with Crippen LogP contribution in [0.3, 0.4) is 0 Å². The van der Waals surface area contributed by atoms with Gasteiger partial charge in [0.1, 0.15) is 5.69 Å². The lowest BCUT2D eigenvalue weighted by molar-refractivity contribution is 0.209. The van der Waals surface area contributed by atoms with Crippen molar-refractivity contribution in [1.29, 1.82) is 0 Å². The first-order chi connectivity index (χ1) is 4.70. The molecule has 1 aromatic heterocycles. The minimum Gasteiger partial charge on any atom is -0.465 e. The van der Waals surface area contributed by atoms with Crippen LogP contribution in [0.4, 0.5) is 10.6 Å². The highest BCUT2D eigenvalue weighted by molar-refractivity contribution is 5.81. The van der Waals surface area contributed by atoms with Crippen molar-refractivity contribution < 1.29 is 14.5 Å². The maximum atomic E-state index is 10.00. The minimum atomic E-state index is -1.18. The molecule has 10 heavy (non-hydrogen) atoms. The molecule has 0 fully saturated rings. The van der Waals surface area contributed by atoms with E-state index in [1.807, 2.05) is 5.32 Å². The number of rotatable bonds is 1. The molecule has 0 aliphatic heterocycles. The number of anilines is 1. The van der Waals surface area contributed by atoms with Crippen LogP contribution in [0.1, 0.15) is 5.69 Å². The Hall–Kier alpha value is -1.59. The van der Waals surface area contributed by atoms with Crippen LogP contribution >= 0.6 is 0 Å². The van der Waals surface area contributed by atoms with Crippen molar-refractivity contribution in [3.63, 3.8) is 0 Å². The lowest BCUT2D eigenvalue weighted by Gasteiger charge is -1.90. The summed E-state index contributed by atoms with van der Waals surface area (Å²) in [5.74, 6) is 0.132. The molecule has 0 saturated carbocycles. The summed E-state index contributed by atoms with van der Waals surface area (Å²) < 4.78 is 4.22. The van der Waals surface area contributed by atoms with Gasteiger partial charge in [0.25, 0.3) is 0 Å². The first kappa shape index (κ1) is 6.53. The number of amides is 1.